The average Bonchev–Trinajstić information content (AvgIpc) is 3.01. The molecule has 0 bridgehead atoms. The fourth-order valence-electron chi connectivity index (χ4n) is 4.57. The van der Waals surface area contributed by atoms with Gasteiger partial charge in [0.1, 0.15) is 24.7 Å². The first-order valence-corrected chi connectivity index (χ1v) is 15.3. The molecular formula is C34H46O8. The van der Waals surface area contributed by atoms with Crippen LogP contribution in [0.4, 0.5) is 0 Å². The summed E-state index contributed by atoms with van der Waals surface area (Å²) in [5.74, 6) is 0.856. The van der Waals surface area contributed by atoms with Crippen molar-refractivity contribution in [3.63, 3.8) is 0 Å². The van der Waals surface area contributed by atoms with Crippen molar-refractivity contribution in [2.45, 2.75) is 78.4 Å². The van der Waals surface area contributed by atoms with Gasteiger partial charge in [-0.2, -0.15) is 0 Å². The standard InChI is InChI=1S/C34H46O8/c1-5-9-19-31(35)41-25(21-37-7-3)23-39-33-27-15-11-13-17-29(27)34(30-18-14-12-16-28(30)33)40-24-26(22-38-8-4)42-32(36)20-10-6-2/h11-18,25-26H,5-10,19-24H2,1-4H3. The van der Waals surface area contributed by atoms with Crippen LogP contribution in [0.25, 0.3) is 21.5 Å². The molecule has 3 aromatic rings. The highest BCUT2D eigenvalue weighted by Crippen LogP contribution is 2.42. The van der Waals surface area contributed by atoms with E-state index in [9.17, 15) is 9.59 Å². The maximum Gasteiger partial charge on any atom is 0.306 e. The predicted molar refractivity (Wildman–Crippen MR) is 164 cm³/mol. The zero-order valence-electron chi connectivity index (χ0n) is 25.5. The lowest BCUT2D eigenvalue weighted by molar-refractivity contribution is -0.155. The van der Waals surface area contributed by atoms with E-state index < -0.39 is 12.2 Å². The average molecular weight is 583 g/mol. The number of carbonyl (C=O) groups is 2. The Hall–Kier alpha value is -3.36. The quantitative estimate of drug-likeness (QED) is 0.104. The van der Waals surface area contributed by atoms with Gasteiger partial charge in [-0.05, 0) is 26.7 Å². The smallest absolute Gasteiger partial charge is 0.306 e. The van der Waals surface area contributed by atoms with Gasteiger partial charge in [0.15, 0.2) is 12.2 Å². The van der Waals surface area contributed by atoms with Crippen LogP contribution in [-0.2, 0) is 28.5 Å². The molecular weight excluding hydrogens is 536 g/mol. The van der Waals surface area contributed by atoms with Crippen LogP contribution in [0.5, 0.6) is 11.5 Å². The van der Waals surface area contributed by atoms with Crippen LogP contribution in [-0.4, -0.2) is 63.8 Å². The number of carbonyl (C=O) groups excluding carboxylic acids is 2. The van der Waals surface area contributed by atoms with Gasteiger partial charge in [-0.3, -0.25) is 9.59 Å². The van der Waals surface area contributed by atoms with Crippen molar-refractivity contribution in [1.82, 2.24) is 0 Å². The molecule has 0 N–H and O–H groups in total. The first-order chi connectivity index (χ1) is 20.5. The molecule has 0 spiro atoms. The van der Waals surface area contributed by atoms with Crippen LogP contribution in [0.1, 0.15) is 66.2 Å². The van der Waals surface area contributed by atoms with E-state index in [1.807, 2.05) is 76.2 Å². The van der Waals surface area contributed by atoms with E-state index in [4.69, 9.17) is 28.4 Å². The van der Waals surface area contributed by atoms with E-state index in [1.165, 1.54) is 0 Å². The number of fused-ring (bicyclic) bond motifs is 2. The fraction of sp³-hybridized carbons (Fsp3) is 0.529. The molecule has 0 saturated carbocycles. The minimum absolute atomic E-state index is 0.149. The van der Waals surface area contributed by atoms with Crippen molar-refractivity contribution < 1.29 is 38.0 Å². The maximum atomic E-state index is 12.4. The lowest BCUT2D eigenvalue weighted by Gasteiger charge is -2.23. The summed E-state index contributed by atoms with van der Waals surface area (Å²) in [4.78, 5) is 24.8. The number of hydrogen-bond donors (Lipinski definition) is 0. The zero-order chi connectivity index (χ0) is 30.2. The molecule has 2 atom stereocenters. The molecule has 230 valence electrons. The van der Waals surface area contributed by atoms with Crippen LogP contribution in [0.3, 0.4) is 0 Å². The van der Waals surface area contributed by atoms with Crippen LogP contribution in [0.2, 0.25) is 0 Å². The van der Waals surface area contributed by atoms with E-state index in [1.54, 1.807) is 0 Å². The molecule has 42 heavy (non-hydrogen) atoms. The van der Waals surface area contributed by atoms with Crippen molar-refractivity contribution in [2.75, 3.05) is 39.6 Å². The van der Waals surface area contributed by atoms with Gasteiger partial charge in [0.2, 0.25) is 0 Å². The number of ether oxygens (including phenoxy) is 6. The van der Waals surface area contributed by atoms with Gasteiger partial charge >= 0.3 is 11.9 Å². The highest BCUT2D eigenvalue weighted by molar-refractivity contribution is 6.11. The second kappa shape index (κ2) is 18.2. The first-order valence-electron chi connectivity index (χ1n) is 15.3. The second-order valence-electron chi connectivity index (χ2n) is 10.1. The van der Waals surface area contributed by atoms with Gasteiger partial charge in [-0.15, -0.1) is 0 Å². The highest BCUT2D eigenvalue weighted by atomic mass is 16.6. The fourth-order valence-corrected chi connectivity index (χ4v) is 4.57. The molecule has 2 unspecified atom stereocenters. The van der Waals surface area contributed by atoms with Crippen LogP contribution in [0, 0.1) is 0 Å². The minimum atomic E-state index is -0.538. The molecule has 0 aliphatic rings. The number of esters is 2. The Balaban J connectivity index is 1.90. The van der Waals surface area contributed by atoms with Crippen molar-refractivity contribution in [3.8, 4) is 11.5 Å². The molecule has 0 radical (unpaired) electrons. The summed E-state index contributed by atoms with van der Waals surface area (Å²) in [7, 11) is 0. The Bertz CT molecular complexity index is 1100. The summed E-state index contributed by atoms with van der Waals surface area (Å²) in [6.07, 6.45) is 3.06. The van der Waals surface area contributed by atoms with Crippen molar-refractivity contribution in [1.29, 1.82) is 0 Å². The number of hydrogen-bond acceptors (Lipinski definition) is 8. The van der Waals surface area contributed by atoms with E-state index in [-0.39, 0.29) is 38.4 Å². The third kappa shape index (κ3) is 9.88. The predicted octanol–water partition coefficient (Wildman–Crippen LogP) is 7.03. The minimum Gasteiger partial charge on any atom is -0.488 e. The number of rotatable bonds is 20. The third-order valence-electron chi connectivity index (χ3n) is 6.74. The van der Waals surface area contributed by atoms with E-state index >= 15 is 0 Å². The Labute approximate surface area is 249 Å². The Morgan fingerprint density at radius 1 is 0.571 bits per heavy atom. The summed E-state index contributed by atoms with van der Waals surface area (Å²) >= 11 is 0. The van der Waals surface area contributed by atoms with Gasteiger partial charge in [0.05, 0.1) is 13.2 Å². The maximum absolute atomic E-state index is 12.4. The van der Waals surface area contributed by atoms with Gasteiger partial charge in [0.25, 0.3) is 0 Å². The van der Waals surface area contributed by atoms with E-state index in [0.29, 0.717) is 37.6 Å². The molecule has 0 saturated heterocycles. The molecule has 8 nitrogen and oxygen atoms in total. The summed E-state index contributed by atoms with van der Waals surface area (Å²) in [6, 6.07) is 15.7. The first kappa shape index (κ1) is 33.1. The summed E-state index contributed by atoms with van der Waals surface area (Å²) in [5, 5.41) is 3.44. The molecule has 0 aliphatic heterocycles. The topological polar surface area (TPSA) is 89.5 Å². The highest BCUT2D eigenvalue weighted by Gasteiger charge is 2.22. The third-order valence-corrected chi connectivity index (χ3v) is 6.74. The van der Waals surface area contributed by atoms with Crippen molar-refractivity contribution >= 4 is 33.5 Å². The largest absolute Gasteiger partial charge is 0.488 e. The lowest BCUT2D eigenvalue weighted by Crippen LogP contribution is -2.30. The SMILES string of the molecule is CCCCC(=O)OC(COCC)COc1c2ccccc2c(OCC(COCC)OC(=O)CCCC)c2ccccc12. The van der Waals surface area contributed by atoms with E-state index in [2.05, 4.69) is 0 Å². The van der Waals surface area contributed by atoms with Gasteiger partial charge in [-0.25, -0.2) is 0 Å². The van der Waals surface area contributed by atoms with Crippen LogP contribution >= 0.6 is 0 Å². The van der Waals surface area contributed by atoms with Crippen molar-refractivity contribution in [2.24, 2.45) is 0 Å². The second-order valence-corrected chi connectivity index (χ2v) is 10.1. The monoisotopic (exact) mass is 582 g/mol. The molecule has 0 aliphatic carbocycles. The molecule has 3 aromatic carbocycles. The lowest BCUT2D eigenvalue weighted by atomic mass is 10.0. The van der Waals surface area contributed by atoms with E-state index in [0.717, 1.165) is 47.2 Å². The van der Waals surface area contributed by atoms with Gasteiger partial charge in [-0.1, -0.05) is 75.2 Å². The zero-order valence-corrected chi connectivity index (χ0v) is 25.5. The van der Waals surface area contributed by atoms with Crippen LogP contribution < -0.4 is 9.47 Å². The molecule has 0 amide bonds. The molecule has 3 rings (SSSR count). The summed E-state index contributed by atoms with van der Waals surface area (Å²) in [5.41, 5.74) is 0. The number of benzene rings is 3. The Kier molecular flexibility index (Phi) is 14.4. The summed E-state index contributed by atoms with van der Waals surface area (Å²) < 4.78 is 35.4. The van der Waals surface area contributed by atoms with Crippen LogP contribution in [0.15, 0.2) is 48.5 Å². The molecule has 0 fully saturated rings. The van der Waals surface area contributed by atoms with Crippen molar-refractivity contribution in [3.05, 3.63) is 48.5 Å². The Morgan fingerprint density at radius 3 is 1.24 bits per heavy atom. The molecule has 0 aromatic heterocycles. The number of unbranched alkanes of at least 4 members (excludes halogenated alkanes) is 2. The van der Waals surface area contributed by atoms with Gasteiger partial charge in [0, 0.05) is 47.6 Å². The molecule has 0 heterocycles. The normalized spacial score (nSPS) is 12.7. The molecule has 8 heteroatoms. The Morgan fingerprint density at radius 2 is 0.929 bits per heavy atom. The summed E-state index contributed by atoms with van der Waals surface area (Å²) in [6.45, 7) is 9.72. The van der Waals surface area contributed by atoms with Gasteiger partial charge < -0.3 is 28.4 Å².